The van der Waals surface area contributed by atoms with E-state index in [1.165, 1.54) is 0 Å². The molecule has 3 rings (SSSR count). The van der Waals surface area contributed by atoms with Crippen molar-refractivity contribution < 1.29 is 9.53 Å². The summed E-state index contributed by atoms with van der Waals surface area (Å²) in [6.07, 6.45) is 2.63. The van der Waals surface area contributed by atoms with Crippen LogP contribution in [-0.2, 0) is 16.1 Å². The number of nitrogens with zero attached hydrogens (tertiary/aromatic N) is 1. The molecule has 0 aliphatic carbocycles. The first-order chi connectivity index (χ1) is 9.33. The lowest BCUT2D eigenvalue weighted by molar-refractivity contribution is -0.135. The summed E-state index contributed by atoms with van der Waals surface area (Å²) in [5.41, 5.74) is 1.90. The van der Waals surface area contributed by atoms with Gasteiger partial charge < -0.3 is 15.0 Å². The second kappa shape index (κ2) is 5.40. The van der Waals surface area contributed by atoms with Crippen LogP contribution in [0.1, 0.15) is 25.1 Å². The lowest BCUT2D eigenvalue weighted by atomic mass is 10.1. The van der Waals surface area contributed by atoms with Crippen molar-refractivity contribution in [3.05, 3.63) is 30.1 Å². The number of amides is 1. The molecule has 1 saturated heterocycles. The first-order valence-electron chi connectivity index (χ1n) is 6.66. The van der Waals surface area contributed by atoms with Crippen molar-refractivity contribution in [2.45, 2.75) is 31.9 Å². The molecule has 1 fully saturated rings. The molecule has 2 N–H and O–H groups in total. The highest BCUT2D eigenvalue weighted by Gasteiger charge is 2.21. The third-order valence-corrected chi connectivity index (χ3v) is 3.34. The average Bonchev–Trinajstić information content (AvgIpc) is 2.88. The maximum absolute atomic E-state index is 11.9. The van der Waals surface area contributed by atoms with Gasteiger partial charge in [0.25, 0.3) is 0 Å². The molecule has 0 spiro atoms. The number of imidazole rings is 1. The fourth-order valence-corrected chi connectivity index (χ4v) is 2.32. The molecule has 1 aromatic carbocycles. The SMILES string of the molecule is O=C(NCc1nc2ccccc2[nH]1)C1CCCCO1. The molecule has 5 heteroatoms. The number of carbonyl (C=O) groups is 1. The van der Waals surface area contributed by atoms with Gasteiger partial charge in [-0.1, -0.05) is 12.1 Å². The van der Waals surface area contributed by atoms with E-state index >= 15 is 0 Å². The molecule has 0 bridgehead atoms. The summed E-state index contributed by atoms with van der Waals surface area (Å²) in [4.78, 5) is 19.5. The zero-order valence-corrected chi connectivity index (χ0v) is 10.7. The highest BCUT2D eigenvalue weighted by Crippen LogP contribution is 2.13. The van der Waals surface area contributed by atoms with E-state index in [1.54, 1.807) is 0 Å². The molecule has 1 unspecified atom stereocenters. The van der Waals surface area contributed by atoms with E-state index < -0.39 is 0 Å². The van der Waals surface area contributed by atoms with E-state index in [0.29, 0.717) is 13.2 Å². The van der Waals surface area contributed by atoms with Crippen LogP contribution in [0, 0.1) is 0 Å². The number of ether oxygens (including phenoxy) is 1. The second-order valence-corrected chi connectivity index (χ2v) is 4.77. The first-order valence-corrected chi connectivity index (χ1v) is 6.66. The van der Waals surface area contributed by atoms with E-state index in [9.17, 15) is 4.79 Å². The fraction of sp³-hybridized carbons (Fsp3) is 0.429. The number of para-hydroxylation sites is 2. The largest absolute Gasteiger partial charge is 0.368 e. The molecule has 1 aliphatic heterocycles. The standard InChI is InChI=1S/C14H17N3O2/c18-14(12-7-3-4-8-19-12)15-9-13-16-10-5-1-2-6-11(10)17-13/h1-2,5-6,12H,3-4,7-9H2,(H,15,18)(H,16,17). The zero-order chi connectivity index (χ0) is 13.1. The minimum Gasteiger partial charge on any atom is -0.368 e. The second-order valence-electron chi connectivity index (χ2n) is 4.77. The van der Waals surface area contributed by atoms with Gasteiger partial charge in [-0.15, -0.1) is 0 Å². The van der Waals surface area contributed by atoms with Crippen LogP contribution in [0.15, 0.2) is 24.3 Å². The van der Waals surface area contributed by atoms with Gasteiger partial charge in [-0.05, 0) is 31.4 Å². The minimum atomic E-state index is -0.293. The normalized spacial score (nSPS) is 19.5. The topological polar surface area (TPSA) is 67.0 Å². The summed E-state index contributed by atoms with van der Waals surface area (Å²) in [7, 11) is 0. The van der Waals surface area contributed by atoms with Crippen LogP contribution in [0.4, 0.5) is 0 Å². The van der Waals surface area contributed by atoms with Gasteiger partial charge in [0.1, 0.15) is 11.9 Å². The molecule has 19 heavy (non-hydrogen) atoms. The smallest absolute Gasteiger partial charge is 0.249 e. The molecule has 0 radical (unpaired) electrons. The molecular weight excluding hydrogens is 242 g/mol. The molecule has 100 valence electrons. The van der Waals surface area contributed by atoms with E-state index in [0.717, 1.165) is 36.1 Å². The quantitative estimate of drug-likeness (QED) is 0.882. The van der Waals surface area contributed by atoms with Crippen LogP contribution in [0.25, 0.3) is 11.0 Å². The Labute approximate surface area is 111 Å². The van der Waals surface area contributed by atoms with Crippen molar-refractivity contribution in [1.29, 1.82) is 0 Å². The van der Waals surface area contributed by atoms with E-state index in [4.69, 9.17) is 4.74 Å². The van der Waals surface area contributed by atoms with E-state index in [-0.39, 0.29) is 12.0 Å². The Morgan fingerprint density at radius 3 is 3.11 bits per heavy atom. The van der Waals surface area contributed by atoms with Gasteiger partial charge in [0.2, 0.25) is 5.91 Å². The van der Waals surface area contributed by atoms with Crippen molar-refractivity contribution in [3.63, 3.8) is 0 Å². The molecule has 2 heterocycles. The Bertz CT molecular complexity index is 540. The summed E-state index contributed by atoms with van der Waals surface area (Å²) in [5, 5.41) is 2.87. The maximum atomic E-state index is 11.9. The number of rotatable bonds is 3. The van der Waals surface area contributed by atoms with Gasteiger partial charge in [0.05, 0.1) is 17.6 Å². The van der Waals surface area contributed by atoms with Gasteiger partial charge in [-0.2, -0.15) is 0 Å². The monoisotopic (exact) mass is 259 g/mol. The maximum Gasteiger partial charge on any atom is 0.249 e. The summed E-state index contributed by atoms with van der Waals surface area (Å²) in [5.74, 6) is 0.727. The predicted octanol–water partition coefficient (Wildman–Crippen LogP) is 1.75. The number of H-pyrrole nitrogens is 1. The molecule has 1 atom stereocenters. The average molecular weight is 259 g/mol. The fourth-order valence-electron chi connectivity index (χ4n) is 2.32. The minimum absolute atomic E-state index is 0.0415. The third kappa shape index (κ3) is 2.76. The molecule has 1 amide bonds. The zero-order valence-electron chi connectivity index (χ0n) is 10.7. The number of aromatic amines is 1. The number of hydrogen-bond donors (Lipinski definition) is 2. The third-order valence-electron chi connectivity index (χ3n) is 3.34. The van der Waals surface area contributed by atoms with Gasteiger partial charge in [0, 0.05) is 6.61 Å². The van der Waals surface area contributed by atoms with Gasteiger partial charge >= 0.3 is 0 Å². The van der Waals surface area contributed by atoms with Crippen molar-refractivity contribution in [1.82, 2.24) is 15.3 Å². The number of carbonyl (C=O) groups excluding carboxylic acids is 1. The van der Waals surface area contributed by atoms with Crippen LogP contribution in [0.5, 0.6) is 0 Å². The highest BCUT2D eigenvalue weighted by atomic mass is 16.5. The Kier molecular flexibility index (Phi) is 3.46. The molecule has 5 nitrogen and oxygen atoms in total. The van der Waals surface area contributed by atoms with Gasteiger partial charge in [-0.25, -0.2) is 4.98 Å². The molecular formula is C14H17N3O2. The van der Waals surface area contributed by atoms with Crippen LogP contribution < -0.4 is 5.32 Å². The van der Waals surface area contributed by atoms with Crippen molar-refractivity contribution >= 4 is 16.9 Å². The van der Waals surface area contributed by atoms with Gasteiger partial charge in [-0.3, -0.25) is 4.79 Å². The van der Waals surface area contributed by atoms with Crippen LogP contribution in [0.2, 0.25) is 0 Å². The molecule has 1 aliphatic rings. The van der Waals surface area contributed by atoms with E-state index in [2.05, 4.69) is 15.3 Å². The van der Waals surface area contributed by atoms with Crippen molar-refractivity contribution in [3.8, 4) is 0 Å². The number of hydrogen-bond acceptors (Lipinski definition) is 3. The Hall–Kier alpha value is -1.88. The predicted molar refractivity (Wildman–Crippen MR) is 71.5 cm³/mol. The van der Waals surface area contributed by atoms with Crippen molar-refractivity contribution in [2.75, 3.05) is 6.61 Å². The molecule has 2 aromatic rings. The van der Waals surface area contributed by atoms with Crippen LogP contribution in [-0.4, -0.2) is 28.6 Å². The Morgan fingerprint density at radius 1 is 1.42 bits per heavy atom. The number of nitrogens with one attached hydrogen (secondary N) is 2. The van der Waals surface area contributed by atoms with Crippen LogP contribution in [0.3, 0.4) is 0 Å². The molecule has 1 aromatic heterocycles. The number of aromatic nitrogens is 2. The van der Waals surface area contributed by atoms with E-state index in [1.807, 2.05) is 24.3 Å². The lowest BCUT2D eigenvalue weighted by Crippen LogP contribution is -2.38. The number of benzene rings is 1. The number of fused-ring (bicyclic) bond motifs is 1. The summed E-state index contributed by atoms with van der Waals surface area (Å²) < 4.78 is 5.44. The van der Waals surface area contributed by atoms with Crippen molar-refractivity contribution in [2.24, 2.45) is 0 Å². The Morgan fingerprint density at radius 2 is 2.32 bits per heavy atom. The highest BCUT2D eigenvalue weighted by molar-refractivity contribution is 5.81. The van der Waals surface area contributed by atoms with Gasteiger partial charge in [0.15, 0.2) is 0 Å². The Balaban J connectivity index is 1.60. The summed E-state index contributed by atoms with van der Waals surface area (Å²) in [6.45, 7) is 1.09. The summed E-state index contributed by atoms with van der Waals surface area (Å²) >= 11 is 0. The first kappa shape index (κ1) is 12.2. The summed E-state index contributed by atoms with van der Waals surface area (Å²) in [6, 6.07) is 7.82. The van der Waals surface area contributed by atoms with Crippen LogP contribution >= 0.6 is 0 Å². The lowest BCUT2D eigenvalue weighted by Gasteiger charge is -2.21. The molecule has 0 saturated carbocycles.